The summed E-state index contributed by atoms with van der Waals surface area (Å²) < 4.78 is 1.63. The number of carboxylic acid groups (broad SMARTS) is 1. The molecule has 2 heterocycles. The van der Waals surface area contributed by atoms with Crippen LogP contribution in [0.4, 0.5) is 0 Å². The van der Waals surface area contributed by atoms with E-state index >= 15 is 0 Å². The van der Waals surface area contributed by atoms with Crippen molar-refractivity contribution in [3.63, 3.8) is 0 Å². The molecule has 0 aliphatic rings. The molecule has 0 saturated heterocycles. The molecule has 0 radical (unpaired) electrons. The highest BCUT2D eigenvalue weighted by molar-refractivity contribution is 5.92. The van der Waals surface area contributed by atoms with Gasteiger partial charge >= 0.3 is 0 Å². The Morgan fingerprint density at radius 2 is 2.33 bits per heavy atom. The number of carbonyl (C=O) groups is 1. The third-order valence-electron chi connectivity index (χ3n) is 1.64. The van der Waals surface area contributed by atoms with Crippen molar-refractivity contribution in [1.29, 1.82) is 0 Å². The highest BCUT2D eigenvalue weighted by Gasteiger charge is 2.00. The van der Waals surface area contributed by atoms with E-state index in [9.17, 15) is 9.90 Å². The molecule has 4 nitrogen and oxygen atoms in total. The number of carboxylic acids is 1. The van der Waals surface area contributed by atoms with E-state index in [2.05, 4.69) is 4.98 Å². The Balaban J connectivity index is 2.82. The molecule has 2 aromatic rings. The number of hydrogen-bond acceptors (Lipinski definition) is 3. The van der Waals surface area contributed by atoms with Gasteiger partial charge in [-0.05, 0) is 12.1 Å². The molecule has 0 atom stereocenters. The molecular formula is C8H5N2O2-. The summed E-state index contributed by atoms with van der Waals surface area (Å²) in [6.45, 7) is 0. The number of imidazole rings is 1. The maximum absolute atomic E-state index is 10.5. The van der Waals surface area contributed by atoms with Gasteiger partial charge in [-0.15, -0.1) is 0 Å². The molecule has 0 fully saturated rings. The van der Waals surface area contributed by atoms with Crippen LogP contribution >= 0.6 is 0 Å². The largest absolute Gasteiger partial charge is 0.545 e. The first kappa shape index (κ1) is 6.84. The standard InChI is InChI=1S/C8H6N2O2/c11-8(12)6-2-1-4-10-5-3-9-7(6)10/h1-5H,(H,11,12)/p-1. The number of aromatic nitrogens is 2. The summed E-state index contributed by atoms with van der Waals surface area (Å²) >= 11 is 0. The van der Waals surface area contributed by atoms with Crippen molar-refractivity contribution < 1.29 is 9.90 Å². The van der Waals surface area contributed by atoms with Crippen molar-refractivity contribution in [2.75, 3.05) is 0 Å². The van der Waals surface area contributed by atoms with Gasteiger partial charge in [0.05, 0.1) is 5.97 Å². The Morgan fingerprint density at radius 1 is 1.50 bits per heavy atom. The number of rotatable bonds is 1. The zero-order valence-corrected chi connectivity index (χ0v) is 6.10. The van der Waals surface area contributed by atoms with E-state index in [0.717, 1.165) is 0 Å². The summed E-state index contributed by atoms with van der Waals surface area (Å²) in [7, 11) is 0. The second-order valence-corrected chi connectivity index (χ2v) is 2.37. The lowest BCUT2D eigenvalue weighted by Crippen LogP contribution is -2.23. The average molecular weight is 161 g/mol. The van der Waals surface area contributed by atoms with Crippen LogP contribution in [0.3, 0.4) is 0 Å². The molecule has 0 aromatic carbocycles. The van der Waals surface area contributed by atoms with Crippen LogP contribution in [-0.4, -0.2) is 15.4 Å². The molecule has 12 heavy (non-hydrogen) atoms. The Bertz CT molecular complexity index is 433. The Hall–Kier alpha value is -1.84. The fourth-order valence-corrected chi connectivity index (χ4v) is 1.11. The summed E-state index contributed by atoms with van der Waals surface area (Å²) in [5.74, 6) is -1.20. The first-order valence-electron chi connectivity index (χ1n) is 3.42. The number of pyridine rings is 1. The summed E-state index contributed by atoms with van der Waals surface area (Å²) in [5, 5.41) is 10.5. The molecule has 2 rings (SSSR count). The van der Waals surface area contributed by atoms with E-state index in [1.807, 2.05) is 0 Å². The monoisotopic (exact) mass is 161 g/mol. The van der Waals surface area contributed by atoms with Gasteiger partial charge in [-0.25, -0.2) is 4.98 Å². The SMILES string of the molecule is O=C([O-])c1cccn2ccnc12. The number of hydrogen-bond donors (Lipinski definition) is 0. The van der Waals surface area contributed by atoms with E-state index in [1.165, 1.54) is 6.07 Å². The lowest BCUT2D eigenvalue weighted by Gasteiger charge is -2.02. The van der Waals surface area contributed by atoms with Gasteiger partial charge in [0.2, 0.25) is 0 Å². The molecule has 0 spiro atoms. The van der Waals surface area contributed by atoms with Crippen molar-refractivity contribution in [3.05, 3.63) is 36.3 Å². The molecule has 0 amide bonds. The maximum Gasteiger partial charge on any atom is 0.145 e. The highest BCUT2D eigenvalue weighted by Crippen LogP contribution is 2.06. The zero-order valence-electron chi connectivity index (χ0n) is 6.10. The molecule has 0 aliphatic carbocycles. The lowest BCUT2D eigenvalue weighted by atomic mass is 10.3. The number of carbonyl (C=O) groups excluding carboxylic acids is 1. The van der Waals surface area contributed by atoms with Crippen LogP contribution in [0.15, 0.2) is 30.7 Å². The zero-order chi connectivity index (χ0) is 8.55. The number of aromatic carboxylic acids is 1. The van der Waals surface area contributed by atoms with Crippen LogP contribution in [0.25, 0.3) is 5.65 Å². The van der Waals surface area contributed by atoms with Crippen LogP contribution in [0.5, 0.6) is 0 Å². The molecule has 4 heteroatoms. The molecule has 60 valence electrons. The van der Waals surface area contributed by atoms with Crippen molar-refractivity contribution in [2.45, 2.75) is 0 Å². The molecule has 2 aromatic heterocycles. The predicted molar refractivity (Wildman–Crippen MR) is 39.5 cm³/mol. The van der Waals surface area contributed by atoms with Gasteiger partial charge in [-0.1, -0.05) is 0 Å². The first-order valence-corrected chi connectivity index (χ1v) is 3.42. The van der Waals surface area contributed by atoms with Gasteiger partial charge in [0, 0.05) is 24.2 Å². The smallest absolute Gasteiger partial charge is 0.145 e. The lowest BCUT2D eigenvalue weighted by molar-refractivity contribution is -0.254. The van der Waals surface area contributed by atoms with Crippen molar-refractivity contribution in [3.8, 4) is 0 Å². The van der Waals surface area contributed by atoms with Crippen LogP contribution in [0.2, 0.25) is 0 Å². The molecule has 0 N–H and O–H groups in total. The minimum absolute atomic E-state index is 0.113. The second-order valence-electron chi connectivity index (χ2n) is 2.37. The molecule has 0 unspecified atom stereocenters. The van der Waals surface area contributed by atoms with Crippen LogP contribution in [0, 0.1) is 0 Å². The topological polar surface area (TPSA) is 57.4 Å². The van der Waals surface area contributed by atoms with Crippen LogP contribution in [-0.2, 0) is 0 Å². The summed E-state index contributed by atoms with van der Waals surface area (Å²) in [6.07, 6.45) is 4.96. The van der Waals surface area contributed by atoms with Crippen molar-refractivity contribution in [2.24, 2.45) is 0 Å². The molecule has 0 aliphatic heterocycles. The van der Waals surface area contributed by atoms with E-state index in [1.54, 1.807) is 29.1 Å². The van der Waals surface area contributed by atoms with E-state index in [0.29, 0.717) is 5.65 Å². The van der Waals surface area contributed by atoms with Gasteiger partial charge in [-0.3, -0.25) is 0 Å². The molecular weight excluding hydrogens is 156 g/mol. The van der Waals surface area contributed by atoms with Gasteiger partial charge in [-0.2, -0.15) is 0 Å². The van der Waals surface area contributed by atoms with Gasteiger partial charge in [0.1, 0.15) is 5.65 Å². The maximum atomic E-state index is 10.5. The quantitative estimate of drug-likeness (QED) is 0.576. The predicted octanol–water partition coefficient (Wildman–Crippen LogP) is -0.302. The fraction of sp³-hybridized carbons (Fsp3) is 0. The Kier molecular flexibility index (Phi) is 1.33. The van der Waals surface area contributed by atoms with Gasteiger partial charge < -0.3 is 14.3 Å². The third-order valence-corrected chi connectivity index (χ3v) is 1.64. The van der Waals surface area contributed by atoms with Crippen molar-refractivity contribution in [1.82, 2.24) is 9.38 Å². The summed E-state index contributed by atoms with van der Waals surface area (Å²) in [6, 6.07) is 3.11. The second kappa shape index (κ2) is 2.34. The van der Waals surface area contributed by atoms with E-state index < -0.39 is 5.97 Å². The average Bonchev–Trinajstić information content (AvgIpc) is 2.49. The van der Waals surface area contributed by atoms with Crippen LogP contribution in [0.1, 0.15) is 10.4 Å². The van der Waals surface area contributed by atoms with Crippen LogP contribution < -0.4 is 5.11 Å². The number of nitrogens with zero attached hydrogens (tertiary/aromatic N) is 2. The van der Waals surface area contributed by atoms with E-state index in [-0.39, 0.29) is 5.56 Å². The summed E-state index contributed by atoms with van der Waals surface area (Å²) in [4.78, 5) is 14.4. The molecule has 0 bridgehead atoms. The fourth-order valence-electron chi connectivity index (χ4n) is 1.11. The Morgan fingerprint density at radius 3 is 3.08 bits per heavy atom. The highest BCUT2D eigenvalue weighted by atomic mass is 16.4. The number of fused-ring (bicyclic) bond motifs is 1. The molecule has 0 saturated carbocycles. The minimum atomic E-state index is -1.20. The van der Waals surface area contributed by atoms with Crippen molar-refractivity contribution >= 4 is 11.6 Å². The summed E-state index contributed by atoms with van der Waals surface area (Å²) in [5.41, 5.74) is 0.528. The third kappa shape index (κ3) is 0.852. The Labute approximate surface area is 68.1 Å². The van der Waals surface area contributed by atoms with Gasteiger partial charge in [0.15, 0.2) is 0 Å². The first-order chi connectivity index (χ1) is 5.79. The minimum Gasteiger partial charge on any atom is -0.545 e. The van der Waals surface area contributed by atoms with E-state index in [4.69, 9.17) is 0 Å². The normalized spacial score (nSPS) is 10.3. The van der Waals surface area contributed by atoms with Gasteiger partial charge in [0.25, 0.3) is 0 Å².